The Labute approximate surface area is 251 Å². The first-order valence-electron chi connectivity index (χ1n) is 16.7. The molecule has 0 unspecified atom stereocenters. The van der Waals surface area contributed by atoms with Gasteiger partial charge in [-0.25, -0.2) is 0 Å². The summed E-state index contributed by atoms with van der Waals surface area (Å²) in [6, 6.07) is 12.7. The highest BCUT2D eigenvalue weighted by Gasteiger charge is 2.53. The van der Waals surface area contributed by atoms with E-state index in [0.29, 0.717) is 11.1 Å². The Bertz CT molecular complexity index is 919. The molecule has 0 spiro atoms. The van der Waals surface area contributed by atoms with Crippen LogP contribution in [0.15, 0.2) is 36.4 Å². The first kappa shape index (κ1) is 35.5. The predicted octanol–water partition coefficient (Wildman–Crippen LogP) is 7.82. The monoisotopic (exact) mass is 568 g/mol. The lowest BCUT2D eigenvalue weighted by Crippen LogP contribution is -2.55. The minimum absolute atomic E-state index is 0.532. The number of hydrogen-bond acceptors (Lipinski definition) is 4. The van der Waals surface area contributed by atoms with Crippen LogP contribution in [0.25, 0.3) is 0 Å². The zero-order valence-corrected chi connectivity index (χ0v) is 26.7. The third-order valence-corrected chi connectivity index (χ3v) is 9.03. The molecule has 4 heteroatoms. The van der Waals surface area contributed by atoms with Gasteiger partial charge in [0.1, 0.15) is 5.60 Å². The van der Waals surface area contributed by atoms with Crippen LogP contribution in [0.4, 0.5) is 0 Å². The maximum atomic E-state index is 13.1. The van der Waals surface area contributed by atoms with Gasteiger partial charge in [0.15, 0.2) is 0 Å². The number of benzene rings is 2. The predicted molar refractivity (Wildman–Crippen MR) is 172 cm³/mol. The summed E-state index contributed by atoms with van der Waals surface area (Å²) in [5.41, 5.74) is 2.75. The summed E-state index contributed by atoms with van der Waals surface area (Å²) in [5, 5.41) is 45.4. The van der Waals surface area contributed by atoms with Gasteiger partial charge >= 0.3 is 0 Å². The van der Waals surface area contributed by atoms with E-state index in [2.05, 4.69) is 52.0 Å². The van der Waals surface area contributed by atoms with Gasteiger partial charge < -0.3 is 20.4 Å². The Morgan fingerprint density at radius 3 is 1.15 bits per heavy atom. The standard InChI is InChI=1S/C37H60O4/c1-5-9-13-17-30-21-23-34(32(25-30)19-15-11-7-3)37(41,36(27-38,28-39)29-40)35-24-22-31(18-14-10-6-2)26-33(35)20-16-12-8-4/h21-26,38-41H,5-20,27-29H2,1-4H3. The van der Waals surface area contributed by atoms with E-state index in [-0.39, 0.29) is 0 Å². The van der Waals surface area contributed by atoms with Crippen molar-refractivity contribution in [1.29, 1.82) is 0 Å². The third-order valence-electron chi connectivity index (χ3n) is 9.03. The molecule has 0 radical (unpaired) electrons. The lowest BCUT2D eigenvalue weighted by Gasteiger charge is -2.47. The summed E-state index contributed by atoms with van der Waals surface area (Å²) in [6.07, 6.45) is 17.0. The number of rotatable bonds is 22. The Kier molecular flexibility index (Phi) is 16.2. The fourth-order valence-corrected chi connectivity index (χ4v) is 6.22. The van der Waals surface area contributed by atoms with Crippen LogP contribution in [0.5, 0.6) is 0 Å². The molecule has 0 aliphatic carbocycles. The molecule has 4 nitrogen and oxygen atoms in total. The van der Waals surface area contributed by atoms with Gasteiger partial charge in [0, 0.05) is 0 Å². The first-order chi connectivity index (χ1) is 19.9. The van der Waals surface area contributed by atoms with Crippen LogP contribution in [0.1, 0.15) is 138 Å². The van der Waals surface area contributed by atoms with E-state index in [1.807, 2.05) is 12.1 Å². The molecule has 0 aliphatic heterocycles. The normalized spacial score (nSPS) is 12.3. The van der Waals surface area contributed by atoms with E-state index in [0.717, 1.165) is 88.2 Å². The number of hydrogen-bond donors (Lipinski definition) is 4. The van der Waals surface area contributed by atoms with Gasteiger partial charge in [0.05, 0.1) is 25.2 Å². The molecule has 232 valence electrons. The largest absolute Gasteiger partial charge is 0.395 e. The molecule has 0 aromatic heterocycles. The average Bonchev–Trinajstić information content (AvgIpc) is 2.99. The highest BCUT2D eigenvalue weighted by atomic mass is 16.3. The maximum Gasteiger partial charge on any atom is 0.127 e. The second-order valence-corrected chi connectivity index (χ2v) is 12.3. The van der Waals surface area contributed by atoms with Crippen LogP contribution in [0.2, 0.25) is 0 Å². The van der Waals surface area contributed by atoms with Crippen molar-refractivity contribution in [2.24, 2.45) is 5.41 Å². The van der Waals surface area contributed by atoms with E-state index in [4.69, 9.17) is 0 Å². The number of aliphatic hydroxyl groups is 4. The Morgan fingerprint density at radius 1 is 0.488 bits per heavy atom. The lowest BCUT2D eigenvalue weighted by molar-refractivity contribution is -0.136. The molecular weight excluding hydrogens is 508 g/mol. The summed E-state index contributed by atoms with van der Waals surface area (Å²) < 4.78 is 0. The van der Waals surface area contributed by atoms with Crippen molar-refractivity contribution in [2.45, 2.75) is 136 Å². The Balaban J connectivity index is 2.80. The van der Waals surface area contributed by atoms with Crippen molar-refractivity contribution in [3.05, 3.63) is 69.8 Å². The zero-order chi connectivity index (χ0) is 30.1. The zero-order valence-electron chi connectivity index (χ0n) is 26.7. The Morgan fingerprint density at radius 2 is 0.829 bits per heavy atom. The highest BCUT2D eigenvalue weighted by Crippen LogP contribution is 2.48. The summed E-state index contributed by atoms with van der Waals surface area (Å²) in [4.78, 5) is 0. The average molecular weight is 569 g/mol. The van der Waals surface area contributed by atoms with Gasteiger partial charge in [0.2, 0.25) is 0 Å². The van der Waals surface area contributed by atoms with Gasteiger partial charge in [-0.3, -0.25) is 0 Å². The molecule has 0 heterocycles. The molecule has 2 rings (SSSR count). The lowest BCUT2D eigenvalue weighted by atomic mass is 9.63. The number of aliphatic hydroxyl groups excluding tert-OH is 3. The molecule has 0 saturated heterocycles. The quantitative estimate of drug-likeness (QED) is 0.109. The van der Waals surface area contributed by atoms with Crippen molar-refractivity contribution >= 4 is 0 Å². The molecule has 0 atom stereocenters. The molecule has 0 bridgehead atoms. The summed E-state index contributed by atoms with van der Waals surface area (Å²) >= 11 is 0. The highest BCUT2D eigenvalue weighted by molar-refractivity contribution is 5.49. The number of unbranched alkanes of at least 4 members (excludes halogenated alkanes) is 8. The van der Waals surface area contributed by atoms with E-state index in [1.165, 1.54) is 36.8 Å². The number of aryl methyl sites for hydroxylation is 4. The SMILES string of the molecule is CCCCCc1ccc(C(O)(c2ccc(CCCCC)cc2CCCCC)C(CO)(CO)CO)c(CCCCC)c1. The molecule has 0 fully saturated rings. The molecule has 2 aromatic carbocycles. The van der Waals surface area contributed by atoms with Crippen LogP contribution in [0.3, 0.4) is 0 Å². The van der Waals surface area contributed by atoms with Crippen LogP contribution in [-0.2, 0) is 31.3 Å². The minimum Gasteiger partial charge on any atom is -0.395 e. The topological polar surface area (TPSA) is 80.9 Å². The van der Waals surface area contributed by atoms with Gasteiger partial charge in [-0.2, -0.15) is 0 Å². The molecule has 41 heavy (non-hydrogen) atoms. The summed E-state index contributed by atoms with van der Waals surface area (Å²) in [7, 11) is 0. The molecule has 0 saturated carbocycles. The first-order valence-corrected chi connectivity index (χ1v) is 16.7. The second-order valence-electron chi connectivity index (χ2n) is 12.3. The van der Waals surface area contributed by atoms with Crippen LogP contribution in [0, 0.1) is 5.41 Å². The smallest absolute Gasteiger partial charge is 0.127 e. The van der Waals surface area contributed by atoms with Gasteiger partial charge in [-0.05, 0) is 84.7 Å². The van der Waals surface area contributed by atoms with Crippen molar-refractivity contribution in [1.82, 2.24) is 0 Å². The van der Waals surface area contributed by atoms with E-state index in [9.17, 15) is 20.4 Å². The molecule has 0 aliphatic rings. The van der Waals surface area contributed by atoms with E-state index < -0.39 is 30.8 Å². The molecular formula is C37H60O4. The molecule has 0 amide bonds. The second kappa shape index (κ2) is 18.7. The van der Waals surface area contributed by atoms with Crippen LogP contribution >= 0.6 is 0 Å². The van der Waals surface area contributed by atoms with Crippen LogP contribution in [-0.4, -0.2) is 40.2 Å². The molecule has 2 aromatic rings. The fourth-order valence-electron chi connectivity index (χ4n) is 6.22. The third kappa shape index (κ3) is 9.13. The van der Waals surface area contributed by atoms with Gasteiger partial charge in [-0.1, -0.05) is 115 Å². The van der Waals surface area contributed by atoms with Crippen molar-refractivity contribution in [3.63, 3.8) is 0 Å². The van der Waals surface area contributed by atoms with Gasteiger partial charge in [0.25, 0.3) is 0 Å². The van der Waals surface area contributed by atoms with Crippen molar-refractivity contribution in [2.75, 3.05) is 19.8 Å². The van der Waals surface area contributed by atoms with Crippen LogP contribution < -0.4 is 0 Å². The molecule has 4 N–H and O–H groups in total. The fraction of sp³-hybridized carbons (Fsp3) is 0.676. The summed E-state index contributed by atoms with van der Waals surface area (Å²) in [6.45, 7) is 7.21. The van der Waals surface area contributed by atoms with Gasteiger partial charge in [-0.15, -0.1) is 0 Å². The Hall–Kier alpha value is -1.72. The van der Waals surface area contributed by atoms with E-state index in [1.54, 1.807) is 0 Å². The van der Waals surface area contributed by atoms with Crippen molar-refractivity contribution < 1.29 is 20.4 Å². The summed E-state index contributed by atoms with van der Waals surface area (Å²) in [5.74, 6) is 0. The maximum absolute atomic E-state index is 13.1. The minimum atomic E-state index is -1.75. The van der Waals surface area contributed by atoms with E-state index >= 15 is 0 Å². The van der Waals surface area contributed by atoms with Crippen molar-refractivity contribution in [3.8, 4) is 0 Å².